The fraction of sp³-hybridized carbons (Fsp3) is 0.211. The summed E-state index contributed by atoms with van der Waals surface area (Å²) in [6, 6.07) is 12.3. The van der Waals surface area contributed by atoms with Gasteiger partial charge in [0, 0.05) is 11.3 Å². The van der Waals surface area contributed by atoms with E-state index >= 15 is 0 Å². The minimum Gasteiger partial charge on any atom is -0.469 e. The molecule has 0 spiro atoms. The van der Waals surface area contributed by atoms with Crippen LogP contribution in [0, 0.1) is 0 Å². The van der Waals surface area contributed by atoms with Crippen molar-refractivity contribution in [3.8, 4) is 0 Å². The number of nitrogens with one attached hydrogen (secondary N) is 1. The Morgan fingerprint density at radius 2 is 1.50 bits per heavy atom. The quantitative estimate of drug-likeness (QED) is 0.606. The first-order valence-electron chi connectivity index (χ1n) is 7.86. The average molecular weight is 356 g/mol. The van der Waals surface area contributed by atoms with E-state index < -0.39 is 18.0 Å². The number of amides is 1. The van der Waals surface area contributed by atoms with Crippen molar-refractivity contribution in [1.82, 2.24) is 5.32 Å². The third-order valence-corrected chi connectivity index (χ3v) is 3.81. The van der Waals surface area contributed by atoms with Crippen molar-refractivity contribution in [2.45, 2.75) is 12.5 Å². The summed E-state index contributed by atoms with van der Waals surface area (Å²) >= 11 is 0. The zero-order valence-electron chi connectivity index (χ0n) is 14.5. The van der Waals surface area contributed by atoms with Gasteiger partial charge in [-0.05, 0) is 42.0 Å². The van der Waals surface area contributed by atoms with Crippen LogP contribution < -0.4 is 11.1 Å². The molecule has 0 saturated heterocycles. The minimum atomic E-state index is -0.573. The molecule has 2 rings (SSSR count). The molecule has 0 aromatic heterocycles. The van der Waals surface area contributed by atoms with Crippen molar-refractivity contribution in [2.24, 2.45) is 0 Å². The number of nitrogen functional groups attached to an aromatic ring is 1. The van der Waals surface area contributed by atoms with Gasteiger partial charge in [-0.25, -0.2) is 4.79 Å². The highest BCUT2D eigenvalue weighted by atomic mass is 16.5. The van der Waals surface area contributed by atoms with Gasteiger partial charge in [0.2, 0.25) is 0 Å². The lowest BCUT2D eigenvalue weighted by Gasteiger charge is -2.18. The van der Waals surface area contributed by atoms with Crippen molar-refractivity contribution in [3.63, 3.8) is 0 Å². The predicted octanol–water partition coefficient (Wildman–Crippen LogP) is 2.09. The molecule has 7 heteroatoms. The highest BCUT2D eigenvalue weighted by Gasteiger charge is 2.20. The van der Waals surface area contributed by atoms with Gasteiger partial charge in [0.15, 0.2) is 0 Å². The lowest BCUT2D eigenvalue weighted by molar-refractivity contribution is -0.141. The number of ether oxygens (including phenoxy) is 2. The van der Waals surface area contributed by atoms with Crippen LogP contribution in [0.15, 0.2) is 48.5 Å². The second-order valence-corrected chi connectivity index (χ2v) is 5.54. The summed E-state index contributed by atoms with van der Waals surface area (Å²) in [6.45, 7) is 0. The number of methoxy groups -OCH3 is 2. The molecular weight excluding hydrogens is 336 g/mol. The molecule has 0 aliphatic heterocycles. The van der Waals surface area contributed by atoms with Crippen LogP contribution in [0.4, 0.5) is 5.69 Å². The SMILES string of the molecule is COC(=O)CC(NC(=O)c1ccc(C(=O)OC)cc1)c1ccc(N)cc1. The number of carbonyl (C=O) groups is 3. The van der Waals surface area contributed by atoms with Gasteiger partial charge < -0.3 is 20.5 Å². The molecule has 3 N–H and O–H groups in total. The fourth-order valence-electron chi connectivity index (χ4n) is 2.35. The highest BCUT2D eigenvalue weighted by molar-refractivity contribution is 5.96. The number of hydrogen-bond donors (Lipinski definition) is 2. The number of nitrogens with two attached hydrogens (primary N) is 1. The van der Waals surface area contributed by atoms with E-state index in [2.05, 4.69) is 10.1 Å². The van der Waals surface area contributed by atoms with Crippen LogP contribution in [0.2, 0.25) is 0 Å². The molecule has 1 unspecified atom stereocenters. The number of hydrogen-bond acceptors (Lipinski definition) is 6. The molecule has 136 valence electrons. The lowest BCUT2D eigenvalue weighted by atomic mass is 10.0. The van der Waals surface area contributed by atoms with Gasteiger partial charge in [0.1, 0.15) is 0 Å². The minimum absolute atomic E-state index is 0.0214. The number of carbonyl (C=O) groups excluding carboxylic acids is 3. The topological polar surface area (TPSA) is 108 Å². The van der Waals surface area contributed by atoms with E-state index in [-0.39, 0.29) is 12.3 Å². The third kappa shape index (κ3) is 4.83. The Morgan fingerprint density at radius 1 is 0.923 bits per heavy atom. The summed E-state index contributed by atoms with van der Waals surface area (Å²) in [5, 5.41) is 2.80. The van der Waals surface area contributed by atoms with Crippen molar-refractivity contribution in [3.05, 3.63) is 65.2 Å². The van der Waals surface area contributed by atoms with E-state index in [0.29, 0.717) is 16.8 Å². The molecule has 0 fully saturated rings. The molecule has 1 amide bonds. The zero-order valence-corrected chi connectivity index (χ0v) is 14.5. The number of rotatable bonds is 6. The Morgan fingerprint density at radius 3 is 2.04 bits per heavy atom. The Bertz CT molecular complexity index is 785. The van der Waals surface area contributed by atoms with Crippen LogP contribution in [0.25, 0.3) is 0 Å². The van der Waals surface area contributed by atoms with Gasteiger partial charge in [0.25, 0.3) is 5.91 Å². The summed E-state index contributed by atoms with van der Waals surface area (Å²) in [5.74, 6) is -1.32. The van der Waals surface area contributed by atoms with E-state index in [0.717, 1.165) is 5.56 Å². The Hall–Kier alpha value is -3.35. The van der Waals surface area contributed by atoms with Gasteiger partial charge in [-0.1, -0.05) is 12.1 Å². The number of benzene rings is 2. The standard InChI is InChI=1S/C19H20N2O5/c1-25-17(22)11-16(12-7-9-15(20)10-8-12)21-18(23)13-3-5-14(6-4-13)19(24)26-2/h3-10,16H,11,20H2,1-2H3,(H,21,23). The van der Waals surface area contributed by atoms with Gasteiger partial charge in [-0.15, -0.1) is 0 Å². The Labute approximate surface area is 151 Å². The van der Waals surface area contributed by atoms with E-state index in [9.17, 15) is 14.4 Å². The predicted molar refractivity (Wildman–Crippen MR) is 95.5 cm³/mol. The second-order valence-electron chi connectivity index (χ2n) is 5.54. The zero-order chi connectivity index (χ0) is 19.1. The van der Waals surface area contributed by atoms with E-state index in [1.165, 1.54) is 38.5 Å². The monoisotopic (exact) mass is 356 g/mol. The maximum atomic E-state index is 12.5. The summed E-state index contributed by atoms with van der Waals surface area (Å²) in [7, 11) is 2.57. The Balaban J connectivity index is 2.18. The first-order chi connectivity index (χ1) is 12.4. The van der Waals surface area contributed by atoms with Crippen LogP contribution in [0.5, 0.6) is 0 Å². The van der Waals surface area contributed by atoms with Crippen molar-refractivity contribution >= 4 is 23.5 Å². The third-order valence-electron chi connectivity index (χ3n) is 3.81. The fourth-order valence-corrected chi connectivity index (χ4v) is 2.35. The van der Waals surface area contributed by atoms with Crippen LogP contribution >= 0.6 is 0 Å². The highest BCUT2D eigenvalue weighted by Crippen LogP contribution is 2.20. The number of esters is 2. The van der Waals surface area contributed by atoms with Gasteiger partial charge in [0.05, 0.1) is 32.2 Å². The van der Waals surface area contributed by atoms with E-state index in [4.69, 9.17) is 10.5 Å². The molecule has 26 heavy (non-hydrogen) atoms. The van der Waals surface area contributed by atoms with Crippen molar-refractivity contribution in [1.29, 1.82) is 0 Å². The molecule has 1 atom stereocenters. The summed E-state index contributed by atoms with van der Waals surface area (Å²) in [5.41, 5.74) is 7.68. The van der Waals surface area contributed by atoms with Crippen LogP contribution in [0.3, 0.4) is 0 Å². The first-order valence-corrected chi connectivity index (χ1v) is 7.86. The largest absolute Gasteiger partial charge is 0.469 e. The molecule has 0 aliphatic carbocycles. The lowest BCUT2D eigenvalue weighted by Crippen LogP contribution is -2.30. The van der Waals surface area contributed by atoms with Crippen LogP contribution in [0.1, 0.15) is 38.7 Å². The van der Waals surface area contributed by atoms with Crippen LogP contribution in [-0.2, 0) is 14.3 Å². The molecule has 0 heterocycles. The molecular formula is C19H20N2O5. The summed E-state index contributed by atoms with van der Waals surface area (Å²) in [4.78, 5) is 35.7. The average Bonchev–Trinajstić information content (AvgIpc) is 2.67. The van der Waals surface area contributed by atoms with Gasteiger partial charge in [-0.2, -0.15) is 0 Å². The van der Waals surface area contributed by atoms with Crippen LogP contribution in [-0.4, -0.2) is 32.1 Å². The maximum absolute atomic E-state index is 12.5. The molecule has 2 aromatic carbocycles. The molecule has 7 nitrogen and oxygen atoms in total. The second kappa shape index (κ2) is 8.66. The number of anilines is 1. The van der Waals surface area contributed by atoms with Crippen molar-refractivity contribution < 1.29 is 23.9 Å². The summed E-state index contributed by atoms with van der Waals surface area (Å²) in [6.07, 6.45) is -0.0214. The Kier molecular flexibility index (Phi) is 6.32. The molecule has 0 bridgehead atoms. The van der Waals surface area contributed by atoms with Gasteiger partial charge >= 0.3 is 11.9 Å². The maximum Gasteiger partial charge on any atom is 0.337 e. The van der Waals surface area contributed by atoms with Gasteiger partial charge in [-0.3, -0.25) is 9.59 Å². The van der Waals surface area contributed by atoms with E-state index in [1.807, 2.05) is 0 Å². The molecule has 0 saturated carbocycles. The molecule has 0 radical (unpaired) electrons. The molecule has 0 aliphatic rings. The first kappa shape index (κ1) is 19.0. The summed E-state index contributed by atoms with van der Waals surface area (Å²) < 4.78 is 9.32. The van der Waals surface area contributed by atoms with E-state index in [1.54, 1.807) is 24.3 Å². The van der Waals surface area contributed by atoms with Crippen molar-refractivity contribution in [2.75, 3.05) is 20.0 Å². The smallest absolute Gasteiger partial charge is 0.337 e. The molecule has 2 aromatic rings. The normalized spacial score (nSPS) is 11.3.